The molecule has 0 aromatic heterocycles. The third kappa shape index (κ3) is 3.51. The highest BCUT2D eigenvalue weighted by molar-refractivity contribution is 6.00. The third-order valence-electron chi connectivity index (χ3n) is 4.11. The first-order chi connectivity index (χ1) is 10.0. The number of benzene rings is 1. The largest absolute Gasteiger partial charge is 0.393 e. The normalized spacial score (nSPS) is 15.7. The molecule has 1 aliphatic rings. The molecule has 1 aromatic rings. The molecule has 1 saturated carbocycles. The molecule has 0 heterocycles. The number of carbonyl (C=O) groups is 1. The van der Waals surface area contributed by atoms with Gasteiger partial charge in [-0.05, 0) is 24.8 Å². The quantitative estimate of drug-likeness (QED) is 0.524. The number of nitro benzene ring substituents is 1. The molecule has 114 valence electrons. The van der Waals surface area contributed by atoms with Gasteiger partial charge < -0.3 is 10.6 Å². The maximum Gasteiger partial charge on any atom is 0.292 e. The zero-order chi connectivity index (χ0) is 15.4. The molecule has 1 amide bonds. The summed E-state index contributed by atoms with van der Waals surface area (Å²) in [5.41, 5.74) is 5.71. The summed E-state index contributed by atoms with van der Waals surface area (Å²) in [5.74, 6) is 0.273. The molecule has 0 bridgehead atoms. The van der Waals surface area contributed by atoms with Crippen molar-refractivity contribution in [2.45, 2.75) is 32.1 Å². The van der Waals surface area contributed by atoms with Gasteiger partial charge in [0.25, 0.3) is 11.6 Å². The van der Waals surface area contributed by atoms with Crippen molar-refractivity contribution in [1.82, 2.24) is 4.90 Å². The molecule has 0 radical (unpaired) electrons. The number of nitrogens with two attached hydrogens (primary N) is 1. The molecule has 2 rings (SSSR count). The number of nitrogen functional groups attached to an aromatic ring is 1. The van der Waals surface area contributed by atoms with Crippen molar-refractivity contribution in [2.24, 2.45) is 5.92 Å². The Bertz CT molecular complexity index is 539. The summed E-state index contributed by atoms with van der Waals surface area (Å²) in [5, 5.41) is 10.9. The first-order valence-corrected chi connectivity index (χ1v) is 7.29. The van der Waals surface area contributed by atoms with Crippen molar-refractivity contribution in [1.29, 1.82) is 0 Å². The third-order valence-corrected chi connectivity index (χ3v) is 4.11. The van der Waals surface area contributed by atoms with Crippen LogP contribution in [-0.4, -0.2) is 29.3 Å². The van der Waals surface area contributed by atoms with Crippen LogP contribution in [0, 0.1) is 16.0 Å². The summed E-state index contributed by atoms with van der Waals surface area (Å²) >= 11 is 0. The van der Waals surface area contributed by atoms with E-state index in [0.29, 0.717) is 12.5 Å². The molecule has 0 aliphatic heterocycles. The lowest BCUT2D eigenvalue weighted by Crippen LogP contribution is -2.33. The highest BCUT2D eigenvalue weighted by Crippen LogP contribution is 2.27. The summed E-state index contributed by atoms with van der Waals surface area (Å²) in [4.78, 5) is 24.4. The average Bonchev–Trinajstić information content (AvgIpc) is 2.47. The van der Waals surface area contributed by atoms with Gasteiger partial charge in [-0.3, -0.25) is 14.9 Å². The van der Waals surface area contributed by atoms with Crippen molar-refractivity contribution >= 4 is 17.3 Å². The van der Waals surface area contributed by atoms with Crippen LogP contribution in [0.25, 0.3) is 0 Å². The number of anilines is 1. The summed E-state index contributed by atoms with van der Waals surface area (Å²) in [6, 6.07) is 4.35. The molecule has 0 spiro atoms. The van der Waals surface area contributed by atoms with Gasteiger partial charge in [0.1, 0.15) is 5.69 Å². The number of hydrogen-bond donors (Lipinski definition) is 1. The highest BCUT2D eigenvalue weighted by atomic mass is 16.6. The molecule has 6 heteroatoms. The van der Waals surface area contributed by atoms with Gasteiger partial charge in [-0.15, -0.1) is 0 Å². The number of rotatable bonds is 4. The topological polar surface area (TPSA) is 89.5 Å². The predicted molar refractivity (Wildman–Crippen MR) is 81.0 cm³/mol. The molecule has 21 heavy (non-hydrogen) atoms. The van der Waals surface area contributed by atoms with Gasteiger partial charge in [0, 0.05) is 19.7 Å². The van der Waals surface area contributed by atoms with Gasteiger partial charge >= 0.3 is 0 Å². The molecule has 1 aromatic carbocycles. The molecule has 6 nitrogen and oxygen atoms in total. The smallest absolute Gasteiger partial charge is 0.292 e. The van der Waals surface area contributed by atoms with E-state index in [2.05, 4.69) is 0 Å². The Hall–Kier alpha value is -2.11. The second-order valence-electron chi connectivity index (χ2n) is 5.69. The van der Waals surface area contributed by atoms with Crippen molar-refractivity contribution in [3.05, 3.63) is 33.9 Å². The first kappa shape index (κ1) is 15.3. The zero-order valence-corrected chi connectivity index (χ0v) is 12.2. The van der Waals surface area contributed by atoms with Gasteiger partial charge in [0.05, 0.1) is 10.5 Å². The van der Waals surface area contributed by atoms with Crippen LogP contribution in [-0.2, 0) is 0 Å². The number of amides is 1. The van der Waals surface area contributed by atoms with Gasteiger partial charge in [-0.25, -0.2) is 0 Å². The van der Waals surface area contributed by atoms with E-state index in [-0.39, 0.29) is 22.8 Å². The summed E-state index contributed by atoms with van der Waals surface area (Å²) < 4.78 is 0. The van der Waals surface area contributed by atoms with E-state index in [1.807, 2.05) is 0 Å². The maximum absolute atomic E-state index is 12.4. The minimum absolute atomic E-state index is 0.0528. The van der Waals surface area contributed by atoms with E-state index in [0.717, 1.165) is 12.8 Å². The number of nitro groups is 1. The highest BCUT2D eigenvalue weighted by Gasteiger charge is 2.23. The van der Waals surface area contributed by atoms with Crippen LogP contribution < -0.4 is 5.73 Å². The fraction of sp³-hybridized carbons (Fsp3) is 0.533. The van der Waals surface area contributed by atoms with E-state index >= 15 is 0 Å². The Morgan fingerprint density at radius 3 is 2.67 bits per heavy atom. The molecule has 0 saturated heterocycles. The number of hydrogen-bond acceptors (Lipinski definition) is 4. The number of nitrogens with zero attached hydrogens (tertiary/aromatic N) is 2. The fourth-order valence-corrected chi connectivity index (χ4v) is 2.94. The van der Waals surface area contributed by atoms with Crippen LogP contribution in [0.3, 0.4) is 0 Å². The molecule has 0 atom stereocenters. The molecular formula is C15H21N3O3. The van der Waals surface area contributed by atoms with Gasteiger partial charge in [-0.1, -0.05) is 25.3 Å². The Kier molecular flexibility index (Phi) is 4.77. The molecule has 0 unspecified atom stereocenters. The Labute approximate surface area is 124 Å². The second kappa shape index (κ2) is 6.56. The lowest BCUT2D eigenvalue weighted by Gasteiger charge is -2.27. The standard InChI is InChI=1S/C15H21N3O3/c1-17(10-11-6-3-2-4-7-11)15(19)12-8-5-9-13(14(12)16)18(20)21/h5,8-9,11H,2-4,6-7,10,16H2,1H3. The van der Waals surface area contributed by atoms with Gasteiger partial charge in [0.2, 0.25) is 0 Å². The lowest BCUT2D eigenvalue weighted by molar-refractivity contribution is -0.383. The van der Waals surface area contributed by atoms with Crippen molar-refractivity contribution in [3.63, 3.8) is 0 Å². The van der Waals surface area contributed by atoms with Crippen molar-refractivity contribution < 1.29 is 9.72 Å². The van der Waals surface area contributed by atoms with Crippen LogP contribution in [0.4, 0.5) is 11.4 Å². The minimum Gasteiger partial charge on any atom is -0.393 e. The van der Waals surface area contributed by atoms with Crippen molar-refractivity contribution in [2.75, 3.05) is 19.3 Å². The van der Waals surface area contributed by atoms with E-state index < -0.39 is 4.92 Å². The van der Waals surface area contributed by atoms with Crippen molar-refractivity contribution in [3.8, 4) is 0 Å². The monoisotopic (exact) mass is 291 g/mol. The molecule has 1 aliphatic carbocycles. The molecule has 1 fully saturated rings. The molecular weight excluding hydrogens is 270 g/mol. The summed E-state index contributed by atoms with van der Waals surface area (Å²) in [7, 11) is 1.73. The van der Waals surface area contributed by atoms with Crippen LogP contribution >= 0.6 is 0 Å². The Morgan fingerprint density at radius 2 is 2.05 bits per heavy atom. The SMILES string of the molecule is CN(CC1CCCCC1)C(=O)c1cccc([N+](=O)[O-])c1N. The van der Waals surface area contributed by atoms with Gasteiger partial charge in [0.15, 0.2) is 0 Å². The maximum atomic E-state index is 12.4. The van der Waals surface area contributed by atoms with Crippen LogP contribution in [0.2, 0.25) is 0 Å². The predicted octanol–water partition coefficient (Wildman–Crippen LogP) is 2.83. The fourth-order valence-electron chi connectivity index (χ4n) is 2.94. The minimum atomic E-state index is -0.562. The first-order valence-electron chi connectivity index (χ1n) is 7.29. The Balaban J connectivity index is 2.11. The van der Waals surface area contributed by atoms with Crippen LogP contribution in [0.1, 0.15) is 42.5 Å². The van der Waals surface area contributed by atoms with Gasteiger partial charge in [-0.2, -0.15) is 0 Å². The van der Waals surface area contributed by atoms with E-state index in [9.17, 15) is 14.9 Å². The van der Waals surface area contributed by atoms with E-state index in [4.69, 9.17) is 5.73 Å². The molecule has 2 N–H and O–H groups in total. The lowest BCUT2D eigenvalue weighted by atomic mass is 9.89. The Morgan fingerprint density at radius 1 is 1.38 bits per heavy atom. The average molecular weight is 291 g/mol. The van der Waals surface area contributed by atoms with Crippen LogP contribution in [0.15, 0.2) is 18.2 Å². The summed E-state index contributed by atoms with van der Waals surface area (Å²) in [6.07, 6.45) is 5.98. The summed E-state index contributed by atoms with van der Waals surface area (Å²) in [6.45, 7) is 0.682. The van der Waals surface area contributed by atoms with Crippen LogP contribution in [0.5, 0.6) is 0 Å². The number of carbonyl (C=O) groups excluding carboxylic acids is 1. The second-order valence-corrected chi connectivity index (χ2v) is 5.69. The number of para-hydroxylation sites is 1. The van der Waals surface area contributed by atoms with E-state index in [1.165, 1.54) is 31.4 Å². The van der Waals surface area contributed by atoms with E-state index in [1.54, 1.807) is 18.0 Å². The zero-order valence-electron chi connectivity index (χ0n) is 12.2.